The highest BCUT2D eigenvalue weighted by Crippen LogP contribution is 2.32. The van der Waals surface area contributed by atoms with E-state index in [0.717, 1.165) is 11.6 Å². The molecular formula is C36H44N2O13. The average Bonchev–Trinajstić information content (AvgIpc) is 3.13. The van der Waals surface area contributed by atoms with Gasteiger partial charge >= 0.3 is 17.9 Å². The molecule has 51 heavy (non-hydrogen) atoms. The van der Waals surface area contributed by atoms with Crippen LogP contribution in [0.3, 0.4) is 0 Å². The Morgan fingerprint density at radius 2 is 1.71 bits per heavy atom. The van der Waals surface area contributed by atoms with Crippen LogP contribution in [-0.4, -0.2) is 101 Å². The topological polar surface area (TPSA) is 215 Å². The van der Waals surface area contributed by atoms with Crippen molar-refractivity contribution >= 4 is 41.2 Å². The molecule has 0 aliphatic carbocycles. The number of amides is 2. The van der Waals surface area contributed by atoms with Crippen LogP contribution in [0.25, 0.3) is 0 Å². The van der Waals surface area contributed by atoms with Gasteiger partial charge < -0.3 is 44.5 Å². The first-order valence-corrected chi connectivity index (χ1v) is 16.2. The number of carbonyl (C=O) groups is 6. The van der Waals surface area contributed by atoms with Crippen molar-refractivity contribution in [3.63, 3.8) is 0 Å². The molecule has 0 spiro atoms. The lowest BCUT2D eigenvalue weighted by Crippen LogP contribution is -2.53. The van der Waals surface area contributed by atoms with Crippen LogP contribution in [0.4, 0.5) is 5.69 Å². The van der Waals surface area contributed by atoms with Crippen molar-refractivity contribution in [3.8, 4) is 11.5 Å². The van der Waals surface area contributed by atoms with Gasteiger partial charge in [0.25, 0.3) is 11.8 Å². The molecule has 0 aromatic heterocycles. The maximum atomic E-state index is 13.9. The van der Waals surface area contributed by atoms with Gasteiger partial charge in [-0.1, -0.05) is 24.8 Å². The lowest BCUT2D eigenvalue weighted by atomic mass is 9.87. The number of rotatable bonds is 17. The molecule has 1 aliphatic rings. The first-order valence-electron chi connectivity index (χ1n) is 16.2. The van der Waals surface area contributed by atoms with Gasteiger partial charge in [-0.25, -0.2) is 14.4 Å². The molecule has 1 unspecified atom stereocenters. The number of ether oxygens (including phenoxy) is 4. The predicted molar refractivity (Wildman–Crippen MR) is 181 cm³/mol. The van der Waals surface area contributed by atoms with Crippen molar-refractivity contribution in [1.82, 2.24) is 4.90 Å². The van der Waals surface area contributed by atoms with Crippen molar-refractivity contribution in [2.24, 2.45) is 5.41 Å². The van der Waals surface area contributed by atoms with E-state index in [4.69, 9.17) is 24.1 Å². The van der Waals surface area contributed by atoms with E-state index in [-0.39, 0.29) is 31.7 Å². The number of aliphatic hydroxyl groups is 2. The van der Waals surface area contributed by atoms with Gasteiger partial charge in [0.15, 0.2) is 23.7 Å². The summed E-state index contributed by atoms with van der Waals surface area (Å²) in [6.45, 7) is 5.98. The van der Waals surface area contributed by atoms with E-state index in [1.54, 1.807) is 24.3 Å². The average molecular weight is 713 g/mol. The number of ketones is 1. The fourth-order valence-corrected chi connectivity index (χ4v) is 5.37. The number of hydrogen-bond donors (Lipinski definition) is 4. The van der Waals surface area contributed by atoms with Crippen LogP contribution in [0.15, 0.2) is 55.1 Å². The summed E-state index contributed by atoms with van der Waals surface area (Å²) in [5, 5.41) is 30.9. The number of aliphatic hydroxyl groups excluding tert-OH is 2. The van der Waals surface area contributed by atoms with Crippen LogP contribution in [0, 0.1) is 5.41 Å². The number of benzene rings is 2. The Labute approximate surface area is 295 Å². The van der Waals surface area contributed by atoms with Crippen molar-refractivity contribution in [3.05, 3.63) is 66.2 Å². The minimum Gasteiger partial charge on any atom is -0.493 e. The van der Waals surface area contributed by atoms with E-state index >= 15 is 0 Å². The molecule has 2 aromatic carbocycles. The number of likely N-dealkylation sites (tertiary alicyclic amines) is 1. The molecule has 4 N–H and O–H groups in total. The highest BCUT2D eigenvalue weighted by molar-refractivity contribution is 6.38. The quantitative estimate of drug-likeness (QED) is 0.105. The molecule has 1 aliphatic heterocycles. The Balaban J connectivity index is 1.89. The monoisotopic (exact) mass is 712 g/mol. The molecule has 15 nitrogen and oxygen atoms in total. The number of esters is 2. The van der Waals surface area contributed by atoms with E-state index in [9.17, 15) is 39.0 Å². The summed E-state index contributed by atoms with van der Waals surface area (Å²) in [5.41, 5.74) is -0.0586. The van der Waals surface area contributed by atoms with Crippen LogP contribution >= 0.6 is 0 Å². The number of carbonyl (C=O) groups excluding carboxylic acids is 5. The van der Waals surface area contributed by atoms with Gasteiger partial charge in [-0.3, -0.25) is 14.4 Å². The van der Waals surface area contributed by atoms with Crippen LogP contribution < -0.4 is 14.8 Å². The van der Waals surface area contributed by atoms with Gasteiger partial charge in [-0.05, 0) is 81.3 Å². The van der Waals surface area contributed by atoms with Gasteiger partial charge in [0, 0.05) is 18.3 Å². The van der Waals surface area contributed by atoms with Crippen LogP contribution in [0.1, 0.15) is 56.8 Å². The van der Waals surface area contributed by atoms with Crippen LogP contribution in [-0.2, 0) is 44.7 Å². The Morgan fingerprint density at radius 3 is 2.35 bits per heavy atom. The molecule has 276 valence electrons. The number of aryl methyl sites for hydroxylation is 1. The molecule has 1 fully saturated rings. The van der Waals surface area contributed by atoms with Gasteiger partial charge in [0.2, 0.25) is 5.78 Å². The summed E-state index contributed by atoms with van der Waals surface area (Å²) >= 11 is 0. The SMILES string of the molecule is C=CC(=O)OCC(C)(C)C(=O)C(=O)N1CCCCC1C(=O)O[C@H](CCc1ccc(OC)c(OC)c1)c1cccc(NC(=O)[C@@H](O)[C@H](O)C(=O)O)c1. The van der Waals surface area contributed by atoms with Crippen molar-refractivity contribution < 1.29 is 63.0 Å². The van der Waals surface area contributed by atoms with Gasteiger partial charge in [0.05, 0.1) is 19.6 Å². The standard InChI is InChI=1S/C36H44N2O13/c1-6-28(39)50-20-36(2,3)31(42)33(44)38-17-8-7-12-24(38)35(47)51-25(15-13-21-14-16-26(48-4)27(18-21)49-5)22-10-9-11-23(19-22)37-32(43)29(40)30(41)34(45)46/h6,9-11,14,16,18-19,24-25,29-30,40-41H,1,7-8,12-13,15,17,20H2,2-5H3,(H,37,43)(H,45,46)/t24?,25-,29+,30+/m1/s1. The summed E-state index contributed by atoms with van der Waals surface area (Å²) in [5.74, 6) is -5.24. The van der Waals surface area contributed by atoms with E-state index in [0.29, 0.717) is 36.3 Å². The third-order valence-corrected chi connectivity index (χ3v) is 8.33. The second-order valence-electron chi connectivity index (χ2n) is 12.5. The summed E-state index contributed by atoms with van der Waals surface area (Å²) in [4.78, 5) is 77.0. The number of carboxylic acid groups (broad SMARTS) is 1. The zero-order chi connectivity index (χ0) is 37.9. The molecule has 0 radical (unpaired) electrons. The number of aliphatic carboxylic acids is 1. The lowest BCUT2D eigenvalue weighted by molar-refractivity contribution is -0.165. The molecule has 0 bridgehead atoms. The molecule has 3 rings (SSSR count). The number of piperidine rings is 1. The van der Waals surface area contributed by atoms with Crippen molar-refractivity contribution in [2.75, 3.05) is 32.7 Å². The normalized spacial score (nSPS) is 16.1. The van der Waals surface area contributed by atoms with Crippen molar-refractivity contribution in [2.45, 2.75) is 70.3 Å². The molecular weight excluding hydrogens is 668 g/mol. The molecule has 2 aromatic rings. The minimum atomic E-state index is -2.36. The van der Waals surface area contributed by atoms with E-state index in [1.807, 2.05) is 6.07 Å². The van der Waals surface area contributed by atoms with Crippen LogP contribution in [0.5, 0.6) is 11.5 Å². The summed E-state index contributed by atoms with van der Waals surface area (Å²) in [6.07, 6.45) is -2.71. The Morgan fingerprint density at radius 1 is 1.00 bits per heavy atom. The number of methoxy groups -OCH3 is 2. The molecule has 15 heteroatoms. The molecule has 1 heterocycles. The first kappa shape index (κ1) is 40.2. The largest absolute Gasteiger partial charge is 0.493 e. The summed E-state index contributed by atoms with van der Waals surface area (Å²) in [6, 6.07) is 10.3. The van der Waals surface area contributed by atoms with E-state index < -0.39 is 65.3 Å². The highest BCUT2D eigenvalue weighted by atomic mass is 16.5. The van der Waals surface area contributed by atoms with Gasteiger partial charge in [-0.15, -0.1) is 0 Å². The van der Waals surface area contributed by atoms with Gasteiger partial charge in [0.1, 0.15) is 18.8 Å². The predicted octanol–water partition coefficient (Wildman–Crippen LogP) is 2.37. The second kappa shape index (κ2) is 18.1. The number of nitrogens with one attached hydrogen (secondary N) is 1. The number of Topliss-reactive ketones (excluding diaryl/α,β-unsaturated/α-hetero) is 1. The fourth-order valence-electron chi connectivity index (χ4n) is 5.37. The summed E-state index contributed by atoms with van der Waals surface area (Å²) in [7, 11) is 3.00. The number of carboxylic acids is 1. The highest BCUT2D eigenvalue weighted by Gasteiger charge is 2.42. The molecule has 2 amide bonds. The Bertz CT molecular complexity index is 1620. The van der Waals surface area contributed by atoms with E-state index in [2.05, 4.69) is 11.9 Å². The fraction of sp³-hybridized carbons (Fsp3) is 0.444. The smallest absolute Gasteiger partial charge is 0.335 e. The molecule has 0 saturated carbocycles. The lowest BCUT2D eigenvalue weighted by Gasteiger charge is -2.36. The first-order chi connectivity index (χ1) is 24.1. The number of anilines is 1. The Kier molecular flexibility index (Phi) is 14.3. The Hall–Kier alpha value is -5.28. The number of nitrogens with zero attached hydrogens (tertiary/aromatic N) is 1. The maximum Gasteiger partial charge on any atom is 0.335 e. The van der Waals surface area contributed by atoms with Crippen LogP contribution in [0.2, 0.25) is 0 Å². The minimum absolute atomic E-state index is 0.112. The van der Waals surface area contributed by atoms with Crippen molar-refractivity contribution in [1.29, 1.82) is 0 Å². The zero-order valence-corrected chi connectivity index (χ0v) is 29.0. The second-order valence-corrected chi connectivity index (χ2v) is 12.5. The molecule has 1 saturated heterocycles. The summed E-state index contributed by atoms with van der Waals surface area (Å²) < 4.78 is 21.8. The maximum absolute atomic E-state index is 13.9. The number of hydrogen-bond acceptors (Lipinski definition) is 12. The van der Waals surface area contributed by atoms with Gasteiger partial charge in [-0.2, -0.15) is 0 Å². The third-order valence-electron chi connectivity index (χ3n) is 8.33. The molecule has 4 atom stereocenters. The third kappa shape index (κ3) is 10.6. The van der Waals surface area contributed by atoms with E-state index in [1.165, 1.54) is 45.1 Å². The zero-order valence-electron chi connectivity index (χ0n) is 29.0.